The second-order valence-corrected chi connectivity index (χ2v) is 6.52. The molecule has 2 rings (SSSR count). The fourth-order valence-electron chi connectivity index (χ4n) is 2.06. The molecule has 0 unspecified atom stereocenters. The van der Waals surface area contributed by atoms with Gasteiger partial charge in [0.25, 0.3) is 0 Å². The molecule has 0 N–H and O–H groups in total. The molecule has 1 fully saturated rings. The standard InChI is InChI=1S/C14H14INO3/c1-14(2)7-12(18)16(13(14)19)8-11(17)9-3-5-10(15)6-4-9/h3-6H,7-8H2,1-2H3. The van der Waals surface area contributed by atoms with Gasteiger partial charge in [0.2, 0.25) is 11.8 Å². The van der Waals surface area contributed by atoms with Gasteiger partial charge in [0.1, 0.15) is 0 Å². The molecule has 1 aliphatic heterocycles. The summed E-state index contributed by atoms with van der Waals surface area (Å²) in [5.41, 5.74) is -0.172. The van der Waals surface area contributed by atoms with Crippen LogP contribution in [0.25, 0.3) is 0 Å². The molecule has 4 nitrogen and oxygen atoms in total. The third-order valence-electron chi connectivity index (χ3n) is 3.19. The van der Waals surface area contributed by atoms with Crippen LogP contribution in [0.4, 0.5) is 0 Å². The van der Waals surface area contributed by atoms with Crippen molar-refractivity contribution in [2.75, 3.05) is 6.54 Å². The van der Waals surface area contributed by atoms with Crippen molar-refractivity contribution in [3.05, 3.63) is 33.4 Å². The summed E-state index contributed by atoms with van der Waals surface area (Å²) in [6.07, 6.45) is 0.172. The maximum Gasteiger partial charge on any atom is 0.235 e. The Morgan fingerprint density at radius 3 is 2.32 bits per heavy atom. The number of ketones is 1. The molecule has 2 amide bonds. The predicted molar refractivity (Wildman–Crippen MR) is 78.6 cm³/mol. The second-order valence-electron chi connectivity index (χ2n) is 5.28. The Kier molecular flexibility index (Phi) is 3.75. The van der Waals surface area contributed by atoms with E-state index in [9.17, 15) is 14.4 Å². The summed E-state index contributed by atoms with van der Waals surface area (Å²) in [4.78, 5) is 36.9. The van der Waals surface area contributed by atoms with E-state index in [1.54, 1.807) is 26.0 Å². The molecule has 1 heterocycles. The normalized spacial score (nSPS) is 17.9. The zero-order valence-electron chi connectivity index (χ0n) is 10.8. The minimum absolute atomic E-state index is 0.165. The van der Waals surface area contributed by atoms with Gasteiger partial charge in [0, 0.05) is 15.6 Å². The molecular weight excluding hydrogens is 357 g/mol. The van der Waals surface area contributed by atoms with E-state index in [0.29, 0.717) is 5.56 Å². The molecule has 0 aliphatic carbocycles. The van der Waals surface area contributed by atoms with Crippen LogP contribution in [0.2, 0.25) is 0 Å². The molecule has 1 aliphatic rings. The number of rotatable bonds is 3. The van der Waals surface area contributed by atoms with Gasteiger partial charge in [-0.3, -0.25) is 19.3 Å². The van der Waals surface area contributed by atoms with Gasteiger partial charge in [-0.25, -0.2) is 0 Å². The Morgan fingerprint density at radius 2 is 1.84 bits per heavy atom. The third-order valence-corrected chi connectivity index (χ3v) is 3.91. The van der Waals surface area contributed by atoms with Gasteiger partial charge < -0.3 is 0 Å². The van der Waals surface area contributed by atoms with Gasteiger partial charge in [-0.1, -0.05) is 26.0 Å². The monoisotopic (exact) mass is 371 g/mol. The summed E-state index contributed by atoms with van der Waals surface area (Å²) in [6.45, 7) is 3.28. The van der Waals surface area contributed by atoms with Crippen molar-refractivity contribution in [1.29, 1.82) is 0 Å². The second kappa shape index (κ2) is 5.03. The highest BCUT2D eigenvalue weighted by atomic mass is 127. The molecule has 19 heavy (non-hydrogen) atoms. The summed E-state index contributed by atoms with van der Waals surface area (Å²) in [5, 5.41) is 0. The molecule has 1 aromatic rings. The summed E-state index contributed by atoms with van der Waals surface area (Å²) in [7, 11) is 0. The Morgan fingerprint density at radius 1 is 1.26 bits per heavy atom. The maximum absolute atomic E-state index is 12.1. The highest BCUT2D eigenvalue weighted by Gasteiger charge is 2.45. The first-order valence-corrected chi connectivity index (χ1v) is 7.03. The lowest BCUT2D eigenvalue weighted by molar-refractivity contribution is -0.140. The molecule has 1 aromatic carbocycles. The van der Waals surface area contributed by atoms with E-state index in [2.05, 4.69) is 22.6 Å². The molecule has 5 heteroatoms. The fraction of sp³-hybridized carbons (Fsp3) is 0.357. The molecule has 0 bridgehead atoms. The fourth-order valence-corrected chi connectivity index (χ4v) is 2.42. The Hall–Kier alpha value is -1.24. The van der Waals surface area contributed by atoms with Crippen LogP contribution >= 0.6 is 22.6 Å². The lowest BCUT2D eigenvalue weighted by Crippen LogP contribution is -2.37. The lowest BCUT2D eigenvalue weighted by atomic mass is 9.92. The zero-order chi connectivity index (χ0) is 14.2. The van der Waals surface area contributed by atoms with Crippen LogP contribution in [0.3, 0.4) is 0 Å². The first kappa shape index (κ1) is 14.2. The molecule has 0 spiro atoms. The smallest absolute Gasteiger partial charge is 0.235 e. The summed E-state index contributed by atoms with van der Waals surface area (Å²) >= 11 is 2.15. The molecule has 0 aromatic heterocycles. The van der Waals surface area contributed by atoms with Crippen LogP contribution in [0.15, 0.2) is 24.3 Å². The van der Waals surface area contributed by atoms with E-state index in [1.807, 2.05) is 12.1 Å². The van der Waals surface area contributed by atoms with E-state index < -0.39 is 5.41 Å². The van der Waals surface area contributed by atoms with E-state index in [4.69, 9.17) is 0 Å². The average Bonchev–Trinajstić information content (AvgIpc) is 2.52. The van der Waals surface area contributed by atoms with E-state index in [1.165, 1.54) is 0 Å². The first-order valence-electron chi connectivity index (χ1n) is 5.95. The highest BCUT2D eigenvalue weighted by molar-refractivity contribution is 14.1. The number of Topliss-reactive ketones (excluding diaryl/α,β-unsaturated/α-hetero) is 1. The van der Waals surface area contributed by atoms with Gasteiger partial charge in [-0.05, 0) is 34.7 Å². The van der Waals surface area contributed by atoms with Crippen LogP contribution in [0.1, 0.15) is 30.6 Å². The largest absolute Gasteiger partial charge is 0.292 e. The third kappa shape index (κ3) is 2.86. The maximum atomic E-state index is 12.1. The summed E-state index contributed by atoms with van der Waals surface area (Å²) in [6, 6.07) is 7.07. The molecule has 1 saturated heterocycles. The number of hydrogen-bond acceptors (Lipinski definition) is 3. The number of imide groups is 1. The van der Waals surface area contributed by atoms with E-state index in [0.717, 1.165) is 8.47 Å². The van der Waals surface area contributed by atoms with Crippen molar-refractivity contribution in [3.63, 3.8) is 0 Å². The van der Waals surface area contributed by atoms with Crippen LogP contribution < -0.4 is 0 Å². The Labute approximate surface area is 125 Å². The van der Waals surface area contributed by atoms with Gasteiger partial charge in [0.15, 0.2) is 5.78 Å². The molecular formula is C14H14INO3. The number of nitrogens with zero attached hydrogens (tertiary/aromatic N) is 1. The number of carbonyl (C=O) groups is 3. The van der Waals surface area contributed by atoms with Crippen LogP contribution in [-0.2, 0) is 9.59 Å². The van der Waals surface area contributed by atoms with Crippen LogP contribution in [0.5, 0.6) is 0 Å². The topological polar surface area (TPSA) is 54.5 Å². The number of carbonyl (C=O) groups excluding carboxylic acids is 3. The highest BCUT2D eigenvalue weighted by Crippen LogP contribution is 2.31. The van der Waals surface area contributed by atoms with Crippen LogP contribution in [-0.4, -0.2) is 29.0 Å². The minimum Gasteiger partial charge on any atom is -0.292 e. The van der Waals surface area contributed by atoms with Crippen LogP contribution in [0, 0.1) is 8.99 Å². The van der Waals surface area contributed by atoms with Crippen molar-refractivity contribution >= 4 is 40.2 Å². The average molecular weight is 371 g/mol. The predicted octanol–water partition coefficient (Wildman–Crippen LogP) is 2.26. The number of amides is 2. The van der Waals surface area contributed by atoms with Crippen molar-refractivity contribution in [2.45, 2.75) is 20.3 Å². The van der Waals surface area contributed by atoms with Gasteiger partial charge in [-0.2, -0.15) is 0 Å². The Balaban J connectivity index is 2.14. The van der Waals surface area contributed by atoms with E-state index >= 15 is 0 Å². The SMILES string of the molecule is CC1(C)CC(=O)N(CC(=O)c2ccc(I)cc2)C1=O. The Bertz CT molecular complexity index is 548. The number of likely N-dealkylation sites (tertiary alicyclic amines) is 1. The van der Waals surface area contributed by atoms with Gasteiger partial charge >= 0.3 is 0 Å². The lowest BCUT2D eigenvalue weighted by Gasteiger charge is -2.17. The van der Waals surface area contributed by atoms with Crippen molar-refractivity contribution < 1.29 is 14.4 Å². The zero-order valence-corrected chi connectivity index (χ0v) is 12.9. The number of halogens is 1. The summed E-state index contributed by atoms with van der Waals surface area (Å²) in [5.74, 6) is -0.749. The summed E-state index contributed by atoms with van der Waals surface area (Å²) < 4.78 is 1.03. The quantitative estimate of drug-likeness (QED) is 0.465. The van der Waals surface area contributed by atoms with E-state index in [-0.39, 0.29) is 30.6 Å². The number of benzene rings is 1. The molecule has 100 valence electrons. The first-order chi connectivity index (χ1) is 8.81. The van der Waals surface area contributed by atoms with Gasteiger partial charge in [0.05, 0.1) is 12.0 Å². The molecule has 0 radical (unpaired) electrons. The minimum atomic E-state index is -0.691. The van der Waals surface area contributed by atoms with Crippen molar-refractivity contribution in [2.24, 2.45) is 5.41 Å². The van der Waals surface area contributed by atoms with Crippen molar-refractivity contribution in [3.8, 4) is 0 Å². The van der Waals surface area contributed by atoms with Crippen molar-refractivity contribution in [1.82, 2.24) is 4.90 Å². The molecule has 0 saturated carbocycles. The van der Waals surface area contributed by atoms with Gasteiger partial charge in [-0.15, -0.1) is 0 Å². The molecule has 0 atom stereocenters. The number of hydrogen-bond donors (Lipinski definition) is 0.